The molecule has 1 aromatic heterocycles. The van der Waals surface area contributed by atoms with Crippen molar-refractivity contribution in [3.63, 3.8) is 0 Å². The number of rotatable bonds is 8. The quantitative estimate of drug-likeness (QED) is 0.401. The standard InChI is InChI=1S/C24H22ClN3O6/c25-16-12-15(4-5-17(16)28-24(30)27-14-2-3-14)34-19-6-7-26-18-13-20(31-9-1-8-29)22-23(21(18)19)33-11-10-32-22/h2,4-7,12-13,29H,1,3,8-11H2,(H2,27,28,30). The number of aliphatic hydroxyl groups excluding tert-OH is 1. The van der Waals surface area contributed by atoms with Gasteiger partial charge in [-0.3, -0.25) is 4.98 Å². The van der Waals surface area contributed by atoms with Gasteiger partial charge in [-0.2, -0.15) is 0 Å². The largest absolute Gasteiger partial charge is 0.489 e. The number of amides is 2. The summed E-state index contributed by atoms with van der Waals surface area (Å²) in [5.41, 5.74) is 1.96. The van der Waals surface area contributed by atoms with Gasteiger partial charge in [0.1, 0.15) is 24.7 Å². The molecular formula is C24H22ClN3O6. The van der Waals surface area contributed by atoms with E-state index in [4.69, 9.17) is 35.7 Å². The predicted octanol–water partition coefficient (Wildman–Crippen LogP) is 4.62. The molecule has 0 spiro atoms. The molecule has 176 valence electrons. The summed E-state index contributed by atoms with van der Waals surface area (Å²) in [7, 11) is 0. The molecule has 0 bridgehead atoms. The van der Waals surface area contributed by atoms with E-state index in [-0.39, 0.29) is 12.6 Å². The van der Waals surface area contributed by atoms with Crippen LogP contribution >= 0.6 is 11.6 Å². The molecule has 0 unspecified atom stereocenters. The lowest BCUT2D eigenvalue weighted by molar-refractivity contribution is 0.161. The van der Waals surface area contributed by atoms with E-state index in [2.05, 4.69) is 15.6 Å². The van der Waals surface area contributed by atoms with Gasteiger partial charge in [0.05, 0.1) is 28.2 Å². The van der Waals surface area contributed by atoms with Gasteiger partial charge < -0.3 is 34.7 Å². The molecule has 0 saturated heterocycles. The number of hydrogen-bond acceptors (Lipinski definition) is 7. The van der Waals surface area contributed by atoms with Crippen LogP contribution < -0.4 is 29.6 Å². The number of aromatic nitrogens is 1. The number of carbonyl (C=O) groups is 1. The molecule has 1 aliphatic heterocycles. The average molecular weight is 484 g/mol. The van der Waals surface area contributed by atoms with Crippen molar-refractivity contribution in [3.05, 3.63) is 53.3 Å². The first-order valence-electron chi connectivity index (χ1n) is 10.8. The third-order valence-corrected chi connectivity index (χ3v) is 5.41. The average Bonchev–Trinajstić information content (AvgIpc) is 3.65. The van der Waals surface area contributed by atoms with Crippen LogP contribution in [0.3, 0.4) is 0 Å². The lowest BCUT2D eigenvalue weighted by atomic mass is 10.1. The van der Waals surface area contributed by atoms with Crippen molar-refractivity contribution < 1.29 is 28.8 Å². The lowest BCUT2D eigenvalue weighted by Gasteiger charge is -2.23. The second kappa shape index (κ2) is 9.66. The molecule has 0 radical (unpaired) electrons. The van der Waals surface area contributed by atoms with Gasteiger partial charge in [-0.15, -0.1) is 0 Å². The highest BCUT2D eigenvalue weighted by Crippen LogP contribution is 2.48. The Kier molecular flexibility index (Phi) is 6.29. The number of carbonyl (C=O) groups excluding carboxylic acids is 1. The summed E-state index contributed by atoms with van der Waals surface area (Å²) in [6.45, 7) is 1.13. The molecule has 10 heteroatoms. The van der Waals surface area contributed by atoms with Crippen molar-refractivity contribution in [2.24, 2.45) is 0 Å². The zero-order chi connectivity index (χ0) is 23.5. The minimum absolute atomic E-state index is 0.0307. The number of halogens is 1. The number of allylic oxidation sites excluding steroid dienone is 2. The maximum Gasteiger partial charge on any atom is 0.323 e. The summed E-state index contributed by atoms with van der Waals surface area (Å²) in [6, 6.07) is 8.14. The molecule has 3 aromatic rings. The zero-order valence-corrected chi connectivity index (χ0v) is 18.9. The molecule has 0 atom stereocenters. The summed E-state index contributed by atoms with van der Waals surface area (Å²) >= 11 is 6.38. The minimum Gasteiger partial charge on any atom is -0.489 e. The fraction of sp³-hybridized carbons (Fsp3) is 0.250. The van der Waals surface area contributed by atoms with Crippen LogP contribution in [0.1, 0.15) is 12.8 Å². The molecule has 2 aromatic carbocycles. The number of aliphatic hydroxyl groups is 1. The number of hydrogen-bond donors (Lipinski definition) is 3. The van der Waals surface area contributed by atoms with E-state index in [1.165, 1.54) is 0 Å². The van der Waals surface area contributed by atoms with E-state index in [9.17, 15) is 4.79 Å². The van der Waals surface area contributed by atoms with Crippen molar-refractivity contribution in [1.82, 2.24) is 10.3 Å². The van der Waals surface area contributed by atoms with Crippen molar-refractivity contribution in [1.29, 1.82) is 0 Å². The third kappa shape index (κ3) is 4.80. The third-order valence-electron chi connectivity index (χ3n) is 5.10. The van der Waals surface area contributed by atoms with Crippen LogP contribution in [-0.2, 0) is 0 Å². The highest BCUT2D eigenvalue weighted by molar-refractivity contribution is 6.33. The maximum absolute atomic E-state index is 12.0. The van der Waals surface area contributed by atoms with E-state index in [0.29, 0.717) is 76.6 Å². The highest BCUT2D eigenvalue weighted by atomic mass is 35.5. The zero-order valence-electron chi connectivity index (χ0n) is 18.1. The number of urea groups is 1. The van der Waals surface area contributed by atoms with Crippen LogP contribution in [-0.4, -0.2) is 42.5 Å². The molecule has 3 N–H and O–H groups in total. The Morgan fingerprint density at radius 2 is 1.94 bits per heavy atom. The van der Waals surface area contributed by atoms with Gasteiger partial charge in [-0.1, -0.05) is 17.7 Å². The normalized spacial score (nSPS) is 13.8. The SMILES string of the molecule is O=C(NC1=CC1)Nc1ccc(Oc2ccnc3cc(OCCCO)c4c(c23)OCCO4)cc1Cl. The molecular weight excluding hydrogens is 462 g/mol. The van der Waals surface area contributed by atoms with E-state index in [0.717, 1.165) is 12.1 Å². The highest BCUT2D eigenvalue weighted by Gasteiger charge is 2.24. The van der Waals surface area contributed by atoms with Crippen LogP contribution in [0.25, 0.3) is 10.9 Å². The molecule has 2 aliphatic rings. The van der Waals surface area contributed by atoms with Crippen LogP contribution in [0.4, 0.5) is 10.5 Å². The number of ether oxygens (including phenoxy) is 4. The molecule has 0 fully saturated rings. The van der Waals surface area contributed by atoms with Crippen molar-refractivity contribution in [2.45, 2.75) is 12.8 Å². The Bertz CT molecular complexity index is 1280. The summed E-state index contributed by atoms with van der Waals surface area (Å²) < 4.78 is 23.7. The number of nitrogens with zero attached hydrogens (tertiary/aromatic N) is 1. The van der Waals surface area contributed by atoms with Crippen molar-refractivity contribution in [2.75, 3.05) is 31.7 Å². The van der Waals surface area contributed by atoms with E-state index in [1.807, 2.05) is 6.08 Å². The Labute approximate surface area is 200 Å². The van der Waals surface area contributed by atoms with Gasteiger partial charge in [-0.25, -0.2) is 4.79 Å². The van der Waals surface area contributed by atoms with Gasteiger partial charge in [0.25, 0.3) is 0 Å². The molecule has 34 heavy (non-hydrogen) atoms. The molecule has 0 saturated carbocycles. The molecule has 2 heterocycles. The molecule has 5 rings (SSSR count). The first-order valence-corrected chi connectivity index (χ1v) is 11.2. The second-order valence-electron chi connectivity index (χ2n) is 7.62. The van der Waals surface area contributed by atoms with Crippen LogP contribution in [0.5, 0.6) is 28.7 Å². The maximum atomic E-state index is 12.0. The smallest absolute Gasteiger partial charge is 0.323 e. The first-order chi connectivity index (χ1) is 16.6. The van der Waals surface area contributed by atoms with Crippen molar-refractivity contribution >= 4 is 34.2 Å². The summed E-state index contributed by atoms with van der Waals surface area (Å²) in [6.07, 6.45) is 4.83. The van der Waals surface area contributed by atoms with E-state index in [1.54, 1.807) is 36.5 Å². The molecule has 1 aliphatic carbocycles. The van der Waals surface area contributed by atoms with Gasteiger partial charge in [0.15, 0.2) is 11.5 Å². The van der Waals surface area contributed by atoms with Gasteiger partial charge in [0.2, 0.25) is 5.75 Å². The monoisotopic (exact) mass is 483 g/mol. The van der Waals surface area contributed by atoms with Gasteiger partial charge in [-0.05, 0) is 18.2 Å². The first kappa shape index (κ1) is 22.1. The topological polar surface area (TPSA) is 111 Å². The summed E-state index contributed by atoms with van der Waals surface area (Å²) in [5, 5.41) is 15.5. The number of nitrogens with one attached hydrogen (secondary N) is 2. The van der Waals surface area contributed by atoms with E-state index >= 15 is 0 Å². The van der Waals surface area contributed by atoms with Gasteiger partial charge >= 0.3 is 6.03 Å². The molecule has 9 nitrogen and oxygen atoms in total. The Balaban J connectivity index is 1.43. The second-order valence-corrected chi connectivity index (χ2v) is 8.02. The Morgan fingerprint density at radius 1 is 1.12 bits per heavy atom. The fourth-order valence-corrected chi connectivity index (χ4v) is 3.67. The van der Waals surface area contributed by atoms with Crippen LogP contribution in [0.15, 0.2) is 48.3 Å². The summed E-state index contributed by atoms with van der Waals surface area (Å²) in [4.78, 5) is 16.4. The van der Waals surface area contributed by atoms with Crippen LogP contribution in [0.2, 0.25) is 5.02 Å². The predicted molar refractivity (Wildman–Crippen MR) is 126 cm³/mol. The van der Waals surface area contributed by atoms with Gasteiger partial charge in [0, 0.05) is 43.5 Å². The Morgan fingerprint density at radius 3 is 2.71 bits per heavy atom. The fourth-order valence-electron chi connectivity index (χ4n) is 3.45. The van der Waals surface area contributed by atoms with Crippen LogP contribution in [0, 0.1) is 0 Å². The number of pyridine rings is 1. The number of benzene rings is 2. The van der Waals surface area contributed by atoms with E-state index < -0.39 is 0 Å². The van der Waals surface area contributed by atoms with Crippen molar-refractivity contribution in [3.8, 4) is 28.7 Å². The Hall–Kier alpha value is -3.69. The lowest BCUT2D eigenvalue weighted by Crippen LogP contribution is -2.25. The molecule has 2 amide bonds. The number of fused-ring (bicyclic) bond motifs is 3. The summed E-state index contributed by atoms with van der Waals surface area (Å²) in [5.74, 6) is 2.44. The minimum atomic E-state index is -0.347. The number of anilines is 1.